The zero-order chi connectivity index (χ0) is 15.4. The second-order valence-corrected chi connectivity index (χ2v) is 6.43. The molecule has 0 saturated carbocycles. The third-order valence-electron chi connectivity index (χ3n) is 2.91. The number of hydrogen-bond acceptors (Lipinski definition) is 6. The second-order valence-electron chi connectivity index (χ2n) is 4.57. The molecular formula is C14H18BrN5S. The number of benzene rings is 1. The smallest absolute Gasteiger partial charge is 0.196 e. The van der Waals surface area contributed by atoms with Gasteiger partial charge in [0.25, 0.3) is 0 Å². The highest BCUT2D eigenvalue weighted by molar-refractivity contribution is 9.10. The van der Waals surface area contributed by atoms with E-state index in [9.17, 15) is 0 Å². The van der Waals surface area contributed by atoms with Gasteiger partial charge in [-0.15, -0.1) is 0 Å². The molecule has 2 aromatic rings. The summed E-state index contributed by atoms with van der Waals surface area (Å²) in [4.78, 5) is 9.37. The van der Waals surface area contributed by atoms with Crippen molar-refractivity contribution in [3.8, 4) is 0 Å². The number of aromatic nitrogens is 2. The van der Waals surface area contributed by atoms with Crippen molar-refractivity contribution in [2.45, 2.75) is 29.9 Å². The van der Waals surface area contributed by atoms with Crippen molar-refractivity contribution in [2.75, 3.05) is 18.0 Å². The zero-order valence-electron chi connectivity index (χ0n) is 11.9. The van der Waals surface area contributed by atoms with Crippen molar-refractivity contribution < 1.29 is 0 Å². The van der Waals surface area contributed by atoms with Gasteiger partial charge in [0.15, 0.2) is 5.16 Å². The molecule has 0 amide bonds. The van der Waals surface area contributed by atoms with E-state index in [2.05, 4.69) is 57.2 Å². The van der Waals surface area contributed by atoms with Crippen LogP contribution in [-0.4, -0.2) is 16.5 Å². The minimum Gasteiger partial charge on any atom is -0.383 e. The summed E-state index contributed by atoms with van der Waals surface area (Å²) in [5, 5.41) is 3.93. The van der Waals surface area contributed by atoms with Crippen LogP contribution < -0.4 is 16.8 Å². The van der Waals surface area contributed by atoms with E-state index in [4.69, 9.17) is 11.5 Å². The lowest BCUT2D eigenvalue weighted by Crippen LogP contribution is -2.17. The first kappa shape index (κ1) is 16.1. The molecule has 2 rings (SSSR count). The maximum absolute atomic E-state index is 5.68. The summed E-state index contributed by atoms with van der Waals surface area (Å²) in [6, 6.07) is 8.09. The molecule has 0 aliphatic carbocycles. The van der Waals surface area contributed by atoms with Crippen molar-refractivity contribution in [1.29, 1.82) is 0 Å². The third-order valence-corrected chi connectivity index (χ3v) is 4.77. The van der Waals surface area contributed by atoms with Crippen LogP contribution in [0.15, 0.2) is 38.8 Å². The molecule has 0 bridgehead atoms. The van der Waals surface area contributed by atoms with Crippen LogP contribution in [0.3, 0.4) is 0 Å². The molecule has 1 aromatic heterocycles. The topological polar surface area (TPSA) is 89.8 Å². The van der Waals surface area contributed by atoms with Crippen molar-refractivity contribution in [3.05, 3.63) is 34.3 Å². The molecule has 0 aliphatic rings. The predicted octanol–water partition coefficient (Wildman–Crippen LogP) is 3.23. The maximum Gasteiger partial charge on any atom is 0.196 e. The van der Waals surface area contributed by atoms with E-state index < -0.39 is 0 Å². The summed E-state index contributed by atoms with van der Waals surface area (Å²) < 4.78 is 0.999. The van der Waals surface area contributed by atoms with E-state index in [1.54, 1.807) is 6.07 Å². The molecule has 1 unspecified atom stereocenters. The van der Waals surface area contributed by atoms with Gasteiger partial charge in [0.1, 0.15) is 11.6 Å². The molecule has 1 aromatic carbocycles. The molecule has 1 heterocycles. The third kappa shape index (κ3) is 4.33. The van der Waals surface area contributed by atoms with Gasteiger partial charge in [0.2, 0.25) is 0 Å². The largest absolute Gasteiger partial charge is 0.383 e. The highest BCUT2D eigenvalue weighted by atomic mass is 79.9. The Hall–Kier alpha value is -1.31. The average Bonchev–Trinajstić information content (AvgIpc) is 2.40. The fourth-order valence-electron chi connectivity index (χ4n) is 1.90. The van der Waals surface area contributed by atoms with E-state index in [1.807, 2.05) is 6.07 Å². The summed E-state index contributed by atoms with van der Waals surface area (Å²) >= 11 is 5.02. The second kappa shape index (κ2) is 7.11. The minimum absolute atomic E-state index is 0.310. The number of nitrogen functional groups attached to an aromatic ring is 2. The van der Waals surface area contributed by atoms with Crippen LogP contribution in [0.4, 0.5) is 11.6 Å². The lowest BCUT2D eigenvalue weighted by molar-refractivity contribution is 0.597. The van der Waals surface area contributed by atoms with Crippen LogP contribution in [0.1, 0.15) is 25.5 Å². The number of rotatable bonds is 5. The van der Waals surface area contributed by atoms with Gasteiger partial charge < -0.3 is 16.8 Å². The van der Waals surface area contributed by atoms with Crippen LogP contribution in [-0.2, 0) is 0 Å². The van der Waals surface area contributed by atoms with Crippen molar-refractivity contribution in [2.24, 2.45) is 0 Å². The fourth-order valence-corrected chi connectivity index (χ4v) is 3.33. The van der Waals surface area contributed by atoms with Crippen LogP contribution in [0.25, 0.3) is 0 Å². The minimum atomic E-state index is 0.310. The fraction of sp³-hybridized carbons (Fsp3) is 0.286. The summed E-state index contributed by atoms with van der Waals surface area (Å²) in [6.07, 6.45) is 0. The molecular weight excluding hydrogens is 350 g/mol. The summed E-state index contributed by atoms with van der Waals surface area (Å²) in [5.74, 6) is 0.747. The first-order valence-electron chi connectivity index (χ1n) is 6.60. The molecule has 0 fully saturated rings. The number of nitrogens with one attached hydrogen (secondary N) is 1. The van der Waals surface area contributed by atoms with Crippen molar-refractivity contribution in [1.82, 2.24) is 15.3 Å². The summed E-state index contributed by atoms with van der Waals surface area (Å²) in [5.41, 5.74) is 12.6. The number of nitrogens with zero attached hydrogens (tertiary/aromatic N) is 2. The molecule has 0 saturated heterocycles. The Balaban J connectivity index is 2.21. The molecule has 21 heavy (non-hydrogen) atoms. The van der Waals surface area contributed by atoms with Gasteiger partial charge in [-0.1, -0.05) is 13.0 Å². The molecule has 5 nitrogen and oxygen atoms in total. The quantitative estimate of drug-likeness (QED) is 0.702. The number of nitrogens with two attached hydrogens (primary N) is 2. The Morgan fingerprint density at radius 2 is 1.90 bits per heavy atom. The van der Waals surface area contributed by atoms with Crippen molar-refractivity contribution in [3.63, 3.8) is 0 Å². The Morgan fingerprint density at radius 1 is 1.24 bits per heavy atom. The number of anilines is 2. The van der Waals surface area contributed by atoms with E-state index in [0.717, 1.165) is 15.9 Å². The van der Waals surface area contributed by atoms with E-state index >= 15 is 0 Å². The van der Waals surface area contributed by atoms with Gasteiger partial charge in [-0.2, -0.15) is 0 Å². The Labute approximate surface area is 137 Å². The molecule has 1 atom stereocenters. The Bertz CT molecular complexity index is 615. The monoisotopic (exact) mass is 367 g/mol. The van der Waals surface area contributed by atoms with Crippen LogP contribution >= 0.6 is 27.7 Å². The summed E-state index contributed by atoms with van der Waals surface area (Å²) in [7, 11) is 0. The van der Waals surface area contributed by atoms with Crippen molar-refractivity contribution >= 4 is 39.3 Å². The van der Waals surface area contributed by atoms with Gasteiger partial charge in [0, 0.05) is 21.5 Å². The predicted molar refractivity (Wildman–Crippen MR) is 91.2 cm³/mol. The highest BCUT2D eigenvalue weighted by Gasteiger charge is 2.10. The lowest BCUT2D eigenvalue weighted by atomic mass is 10.1. The van der Waals surface area contributed by atoms with Crippen LogP contribution in [0.5, 0.6) is 0 Å². The SMILES string of the molecule is CCNC(C)c1ccc(Sc2nc(N)cc(N)n2)c(Br)c1. The molecule has 7 heteroatoms. The zero-order valence-corrected chi connectivity index (χ0v) is 14.3. The van der Waals surface area contributed by atoms with Gasteiger partial charge >= 0.3 is 0 Å². The van der Waals surface area contributed by atoms with Crippen LogP contribution in [0.2, 0.25) is 0 Å². The van der Waals surface area contributed by atoms with Gasteiger partial charge in [-0.05, 0) is 58.9 Å². The molecule has 0 radical (unpaired) electrons. The molecule has 112 valence electrons. The first-order chi connectivity index (χ1) is 9.99. The van der Waals surface area contributed by atoms with Gasteiger partial charge in [-0.25, -0.2) is 9.97 Å². The van der Waals surface area contributed by atoms with E-state index in [0.29, 0.717) is 22.8 Å². The normalized spacial score (nSPS) is 12.3. The maximum atomic E-state index is 5.68. The standard InChI is InChI=1S/C14H18BrN5S/c1-3-18-8(2)9-4-5-11(10(15)6-9)21-14-19-12(16)7-13(17)20-14/h4-8,18H,3H2,1-2H3,(H4,16,17,19,20). The van der Waals surface area contributed by atoms with Crippen LogP contribution in [0, 0.1) is 0 Å². The first-order valence-corrected chi connectivity index (χ1v) is 8.21. The number of hydrogen-bond donors (Lipinski definition) is 3. The number of halogens is 1. The summed E-state index contributed by atoms with van der Waals surface area (Å²) in [6.45, 7) is 5.17. The van der Waals surface area contributed by atoms with E-state index in [-0.39, 0.29) is 0 Å². The molecule has 0 spiro atoms. The average molecular weight is 368 g/mol. The molecule has 5 N–H and O–H groups in total. The van der Waals surface area contributed by atoms with Gasteiger partial charge in [0.05, 0.1) is 0 Å². The Kier molecular flexibility index (Phi) is 5.44. The molecule has 0 aliphatic heterocycles. The van der Waals surface area contributed by atoms with Gasteiger partial charge in [-0.3, -0.25) is 0 Å². The highest BCUT2D eigenvalue weighted by Crippen LogP contribution is 2.34. The Morgan fingerprint density at radius 3 is 2.48 bits per heavy atom. The lowest BCUT2D eigenvalue weighted by Gasteiger charge is -2.14. The van der Waals surface area contributed by atoms with E-state index in [1.165, 1.54) is 17.3 Å².